The third-order valence-corrected chi connectivity index (χ3v) is 8.02. The molecule has 0 spiro atoms. The Labute approximate surface area is 206 Å². The van der Waals surface area contributed by atoms with Crippen LogP contribution in [0.5, 0.6) is 0 Å². The van der Waals surface area contributed by atoms with Crippen LogP contribution in [0.15, 0.2) is 0 Å². The quantitative estimate of drug-likeness (QED) is 0.328. The molecule has 4 rings (SSSR count). The zero-order valence-electron chi connectivity index (χ0n) is 21.5. The molecule has 0 aromatic rings. The largest absolute Gasteiger partial charge is 0.383 e. The molecule has 0 radical (unpaired) electrons. The Balaban J connectivity index is 0.922. The van der Waals surface area contributed by atoms with Gasteiger partial charge in [0.1, 0.15) is 0 Å². The maximum atomic E-state index is 6.28. The second kappa shape index (κ2) is 14.4. The summed E-state index contributed by atoms with van der Waals surface area (Å²) in [7, 11) is 3.56. The van der Waals surface area contributed by atoms with E-state index < -0.39 is 0 Å². The highest BCUT2D eigenvalue weighted by Crippen LogP contribution is 2.30. The highest BCUT2D eigenvalue weighted by atomic mass is 16.5. The van der Waals surface area contributed by atoms with Crippen molar-refractivity contribution in [3.63, 3.8) is 0 Å². The summed E-state index contributed by atoms with van der Waals surface area (Å²) in [6.07, 6.45) is 11.2. The lowest BCUT2D eigenvalue weighted by Gasteiger charge is -2.40. The van der Waals surface area contributed by atoms with E-state index in [4.69, 9.17) is 28.4 Å². The van der Waals surface area contributed by atoms with Gasteiger partial charge in [-0.25, -0.2) is 0 Å². The normalized spacial score (nSPS) is 31.9. The van der Waals surface area contributed by atoms with E-state index in [1.165, 1.54) is 0 Å². The fourth-order valence-corrected chi connectivity index (χ4v) is 5.46. The Kier molecular flexibility index (Phi) is 11.3. The molecule has 0 unspecified atom stereocenters. The third-order valence-electron chi connectivity index (χ3n) is 8.02. The average Bonchev–Trinajstić information content (AvgIpc) is 2.81. The minimum atomic E-state index is 0.351. The molecular weight excluding hydrogens is 436 g/mol. The maximum absolute atomic E-state index is 6.28. The monoisotopic (exact) mass is 484 g/mol. The van der Waals surface area contributed by atoms with Crippen molar-refractivity contribution in [3.05, 3.63) is 0 Å². The lowest BCUT2D eigenvalue weighted by atomic mass is 9.91. The van der Waals surface area contributed by atoms with Crippen molar-refractivity contribution in [2.75, 3.05) is 79.9 Å². The second-order valence-corrected chi connectivity index (χ2v) is 10.5. The van der Waals surface area contributed by atoms with Crippen LogP contribution in [-0.4, -0.2) is 126 Å². The van der Waals surface area contributed by atoms with Gasteiger partial charge in [-0.1, -0.05) is 0 Å². The van der Waals surface area contributed by atoms with E-state index >= 15 is 0 Å². The molecular formula is C26H48N2O6. The molecule has 0 aromatic heterocycles. The Bertz CT molecular complexity index is 541. The summed E-state index contributed by atoms with van der Waals surface area (Å²) in [5.74, 6) is 0. The first-order valence-electron chi connectivity index (χ1n) is 13.7. The fraction of sp³-hybridized carbons (Fsp3) is 1.00. The molecule has 2 aliphatic heterocycles. The molecule has 2 heterocycles. The van der Waals surface area contributed by atoms with E-state index in [0.717, 1.165) is 104 Å². The molecule has 34 heavy (non-hydrogen) atoms. The summed E-state index contributed by atoms with van der Waals surface area (Å²) in [5.41, 5.74) is 0. The van der Waals surface area contributed by atoms with Gasteiger partial charge >= 0.3 is 0 Å². The van der Waals surface area contributed by atoms with Gasteiger partial charge in [-0.05, 0) is 51.4 Å². The molecule has 0 bridgehead atoms. The minimum Gasteiger partial charge on any atom is -0.383 e. The first kappa shape index (κ1) is 26.7. The first-order chi connectivity index (χ1) is 16.7. The number of rotatable bonds is 15. The van der Waals surface area contributed by atoms with Crippen molar-refractivity contribution in [1.29, 1.82) is 0 Å². The van der Waals surface area contributed by atoms with Crippen LogP contribution in [0.3, 0.4) is 0 Å². The van der Waals surface area contributed by atoms with E-state index in [9.17, 15) is 0 Å². The Morgan fingerprint density at radius 2 is 1.09 bits per heavy atom. The van der Waals surface area contributed by atoms with E-state index in [0.29, 0.717) is 49.8 Å². The van der Waals surface area contributed by atoms with Crippen molar-refractivity contribution < 1.29 is 28.4 Å². The van der Waals surface area contributed by atoms with Gasteiger partial charge in [0, 0.05) is 53.5 Å². The molecule has 2 saturated heterocycles. The standard InChI is InChI=1S/C26H48N2O6/c1-29-13-11-27-7-3-22(4-8-27)34-26-19-24(20-26)32-16-15-31-14-12-28-9-5-21(6-10-28)33-25-17-23(18-25)30-2/h21-26H,3-20H2,1-2H3/t23-,24-,25-,26+. The first-order valence-corrected chi connectivity index (χ1v) is 13.7. The second-order valence-electron chi connectivity index (χ2n) is 10.5. The van der Waals surface area contributed by atoms with Gasteiger partial charge in [0.25, 0.3) is 0 Å². The lowest BCUT2D eigenvalue weighted by molar-refractivity contribution is -0.140. The summed E-state index contributed by atoms with van der Waals surface area (Å²) in [6.45, 7) is 9.49. The molecule has 2 saturated carbocycles. The molecule has 8 heteroatoms. The summed E-state index contributed by atoms with van der Waals surface area (Å²) in [4.78, 5) is 4.97. The predicted molar refractivity (Wildman–Crippen MR) is 130 cm³/mol. The van der Waals surface area contributed by atoms with Gasteiger partial charge in [0.05, 0.1) is 63.1 Å². The molecule has 4 fully saturated rings. The van der Waals surface area contributed by atoms with Crippen LogP contribution in [0.4, 0.5) is 0 Å². The van der Waals surface area contributed by atoms with Gasteiger partial charge in [0.15, 0.2) is 0 Å². The number of piperidine rings is 2. The van der Waals surface area contributed by atoms with Gasteiger partial charge in [0.2, 0.25) is 0 Å². The lowest BCUT2D eigenvalue weighted by Crippen LogP contribution is -2.44. The fourth-order valence-electron chi connectivity index (χ4n) is 5.46. The number of hydrogen-bond acceptors (Lipinski definition) is 8. The maximum Gasteiger partial charge on any atom is 0.0704 e. The minimum absolute atomic E-state index is 0.351. The van der Waals surface area contributed by atoms with Crippen LogP contribution in [0.1, 0.15) is 51.4 Å². The smallest absolute Gasteiger partial charge is 0.0704 e. The van der Waals surface area contributed by atoms with E-state index in [2.05, 4.69) is 9.80 Å². The van der Waals surface area contributed by atoms with Crippen LogP contribution >= 0.6 is 0 Å². The Morgan fingerprint density at radius 3 is 1.62 bits per heavy atom. The Hall–Kier alpha value is -0.320. The molecule has 8 nitrogen and oxygen atoms in total. The van der Waals surface area contributed by atoms with Crippen molar-refractivity contribution in [2.45, 2.75) is 88.0 Å². The molecule has 198 valence electrons. The van der Waals surface area contributed by atoms with Crippen LogP contribution in [0.2, 0.25) is 0 Å². The topological polar surface area (TPSA) is 61.9 Å². The van der Waals surface area contributed by atoms with Crippen LogP contribution < -0.4 is 0 Å². The van der Waals surface area contributed by atoms with E-state index in [1.54, 1.807) is 14.2 Å². The summed E-state index contributed by atoms with van der Waals surface area (Å²) < 4.78 is 34.8. The molecule has 4 aliphatic rings. The van der Waals surface area contributed by atoms with E-state index in [1.807, 2.05) is 0 Å². The Morgan fingerprint density at radius 1 is 0.559 bits per heavy atom. The predicted octanol–water partition coefficient (Wildman–Crippen LogP) is 2.34. The highest BCUT2D eigenvalue weighted by Gasteiger charge is 2.34. The molecule has 0 N–H and O–H groups in total. The summed E-state index contributed by atoms with van der Waals surface area (Å²) in [6, 6.07) is 0. The highest BCUT2D eigenvalue weighted by molar-refractivity contribution is 4.84. The van der Waals surface area contributed by atoms with Gasteiger partial charge < -0.3 is 38.2 Å². The number of nitrogens with zero attached hydrogens (tertiary/aromatic N) is 2. The zero-order valence-corrected chi connectivity index (χ0v) is 21.5. The molecule has 2 aliphatic carbocycles. The number of likely N-dealkylation sites (tertiary alicyclic amines) is 2. The molecule has 0 amide bonds. The number of methoxy groups -OCH3 is 2. The third kappa shape index (κ3) is 8.66. The SMILES string of the molecule is COCCN1CCC(O[C@H]2C[C@@H](OCCOCCN3CCC(O[C@H]4C[C@H](OC)C4)CC3)C2)CC1. The molecule has 0 aromatic carbocycles. The van der Waals surface area contributed by atoms with Gasteiger partial charge in [-0.3, -0.25) is 0 Å². The molecule has 0 atom stereocenters. The summed E-state index contributed by atoms with van der Waals surface area (Å²) >= 11 is 0. The van der Waals surface area contributed by atoms with Crippen LogP contribution in [0.25, 0.3) is 0 Å². The van der Waals surface area contributed by atoms with Gasteiger partial charge in [-0.2, -0.15) is 0 Å². The van der Waals surface area contributed by atoms with Crippen molar-refractivity contribution in [3.8, 4) is 0 Å². The van der Waals surface area contributed by atoms with Crippen LogP contribution in [-0.2, 0) is 28.4 Å². The number of ether oxygens (including phenoxy) is 6. The van der Waals surface area contributed by atoms with Crippen molar-refractivity contribution in [2.24, 2.45) is 0 Å². The zero-order chi connectivity index (χ0) is 23.6. The summed E-state index contributed by atoms with van der Waals surface area (Å²) in [5, 5.41) is 0. The average molecular weight is 485 g/mol. The van der Waals surface area contributed by atoms with Crippen molar-refractivity contribution in [1.82, 2.24) is 9.80 Å². The number of hydrogen-bond donors (Lipinski definition) is 0. The van der Waals surface area contributed by atoms with E-state index in [-0.39, 0.29) is 0 Å². The van der Waals surface area contributed by atoms with Crippen molar-refractivity contribution >= 4 is 0 Å². The van der Waals surface area contributed by atoms with Crippen LogP contribution in [0, 0.1) is 0 Å². The van der Waals surface area contributed by atoms with Gasteiger partial charge in [-0.15, -0.1) is 0 Å².